The monoisotopic (exact) mass is 491 g/mol. The molecule has 180 valence electrons. The molecule has 4 heterocycles. The van der Waals surface area contributed by atoms with Gasteiger partial charge in [0.15, 0.2) is 0 Å². The van der Waals surface area contributed by atoms with Crippen LogP contribution in [0, 0.1) is 6.92 Å². The Kier molecular flexibility index (Phi) is 6.72. The number of anilines is 1. The Bertz CT molecular complexity index is 1430. The van der Waals surface area contributed by atoms with Gasteiger partial charge in [0.05, 0.1) is 30.2 Å². The number of halogens is 1. The lowest BCUT2D eigenvalue weighted by molar-refractivity contribution is 0.195. The largest absolute Gasteiger partial charge is 0.379 e. The Balaban J connectivity index is 1.58. The van der Waals surface area contributed by atoms with E-state index in [9.17, 15) is 4.79 Å². The molecule has 0 aliphatic carbocycles. The molecule has 0 spiro atoms. The third-order valence-electron chi connectivity index (χ3n) is 5.99. The molecule has 1 aliphatic rings. The van der Waals surface area contributed by atoms with E-state index in [1.165, 1.54) is 0 Å². The first-order chi connectivity index (χ1) is 17.0. The van der Waals surface area contributed by atoms with E-state index in [1.54, 1.807) is 35.3 Å². The molecule has 1 saturated heterocycles. The molecule has 1 aromatic carbocycles. The number of hydrogen-bond donors (Lipinski definition) is 2. The summed E-state index contributed by atoms with van der Waals surface area (Å²) >= 11 is 6.68. The number of aryl methyl sites for hydroxylation is 2. The van der Waals surface area contributed by atoms with Crippen molar-refractivity contribution in [3.05, 3.63) is 63.9 Å². The minimum atomic E-state index is -0.176. The zero-order chi connectivity index (χ0) is 24.4. The van der Waals surface area contributed by atoms with E-state index in [1.807, 2.05) is 19.1 Å². The van der Waals surface area contributed by atoms with Gasteiger partial charge in [-0.2, -0.15) is 4.98 Å². The molecule has 5 rings (SSSR count). The first-order valence-corrected chi connectivity index (χ1v) is 11.9. The molecular formula is C25H26ClN7O2. The molecule has 0 amide bonds. The van der Waals surface area contributed by atoms with Crippen LogP contribution < -0.4 is 16.6 Å². The molecule has 9 nitrogen and oxygen atoms in total. The fraction of sp³-hybridized carbons (Fsp3) is 0.320. The summed E-state index contributed by atoms with van der Waals surface area (Å²) in [4.78, 5) is 31.5. The van der Waals surface area contributed by atoms with Crippen molar-refractivity contribution in [2.75, 3.05) is 25.1 Å². The van der Waals surface area contributed by atoms with Gasteiger partial charge in [0.2, 0.25) is 5.95 Å². The number of benzene rings is 1. The molecular weight excluding hydrogens is 466 g/mol. The second kappa shape index (κ2) is 10.1. The van der Waals surface area contributed by atoms with Crippen molar-refractivity contribution in [3.63, 3.8) is 0 Å². The fourth-order valence-electron chi connectivity index (χ4n) is 4.20. The summed E-state index contributed by atoms with van der Waals surface area (Å²) in [5, 5.41) is 4.49. The van der Waals surface area contributed by atoms with E-state index >= 15 is 0 Å². The first-order valence-electron chi connectivity index (χ1n) is 11.6. The first kappa shape index (κ1) is 23.3. The fourth-order valence-corrected chi connectivity index (χ4v) is 4.49. The molecule has 1 atom stereocenters. The van der Waals surface area contributed by atoms with E-state index in [-0.39, 0.29) is 11.6 Å². The third kappa shape index (κ3) is 4.88. The van der Waals surface area contributed by atoms with Gasteiger partial charge in [-0.1, -0.05) is 23.7 Å². The number of pyridine rings is 1. The Morgan fingerprint density at radius 2 is 2.09 bits per heavy atom. The van der Waals surface area contributed by atoms with Crippen LogP contribution in [-0.2, 0) is 11.3 Å². The van der Waals surface area contributed by atoms with Gasteiger partial charge in [-0.05, 0) is 38.4 Å². The standard InChI is InChI=1S/C25H26ClN7O2/c1-15-11-28-13-22(30-15)16-3-4-19(21(26)10-16)20-9-17-12-29-25(31-18-5-8-35-14-18)32-23(17)33(24(20)34)7-2-6-27/h3-4,9-13,18H,2,5-8,14,27H2,1H3,(H,29,31,32)/t18-/m0/s1. The van der Waals surface area contributed by atoms with Gasteiger partial charge in [0.25, 0.3) is 5.56 Å². The van der Waals surface area contributed by atoms with Gasteiger partial charge in [0, 0.05) is 52.6 Å². The average molecular weight is 492 g/mol. The van der Waals surface area contributed by atoms with Crippen LogP contribution in [0.15, 0.2) is 47.7 Å². The number of ether oxygens (including phenoxy) is 1. The maximum Gasteiger partial charge on any atom is 0.260 e. The number of nitrogens with one attached hydrogen (secondary N) is 1. The van der Waals surface area contributed by atoms with Gasteiger partial charge in [-0.3, -0.25) is 14.3 Å². The van der Waals surface area contributed by atoms with E-state index < -0.39 is 0 Å². The molecule has 1 fully saturated rings. The van der Waals surface area contributed by atoms with Crippen LogP contribution in [0.25, 0.3) is 33.4 Å². The van der Waals surface area contributed by atoms with Gasteiger partial charge < -0.3 is 15.8 Å². The van der Waals surface area contributed by atoms with Crippen LogP contribution >= 0.6 is 11.6 Å². The van der Waals surface area contributed by atoms with Crippen molar-refractivity contribution in [3.8, 4) is 22.4 Å². The maximum atomic E-state index is 13.6. The van der Waals surface area contributed by atoms with E-state index in [4.69, 9.17) is 22.1 Å². The van der Waals surface area contributed by atoms with Crippen LogP contribution in [0.5, 0.6) is 0 Å². The minimum absolute atomic E-state index is 0.159. The molecule has 0 unspecified atom stereocenters. The van der Waals surface area contributed by atoms with Crippen molar-refractivity contribution >= 4 is 28.6 Å². The lowest BCUT2D eigenvalue weighted by Gasteiger charge is -2.15. The second-order valence-electron chi connectivity index (χ2n) is 8.57. The zero-order valence-corrected chi connectivity index (χ0v) is 20.1. The van der Waals surface area contributed by atoms with Crippen molar-refractivity contribution < 1.29 is 4.74 Å². The molecule has 4 aromatic rings. The van der Waals surface area contributed by atoms with Crippen molar-refractivity contribution in [1.29, 1.82) is 0 Å². The van der Waals surface area contributed by atoms with Crippen molar-refractivity contribution in [2.45, 2.75) is 32.4 Å². The summed E-state index contributed by atoms with van der Waals surface area (Å²) < 4.78 is 7.08. The maximum absolute atomic E-state index is 13.6. The van der Waals surface area contributed by atoms with Crippen LogP contribution in [0.4, 0.5) is 5.95 Å². The Hall–Kier alpha value is -3.40. The highest BCUT2D eigenvalue weighted by Gasteiger charge is 2.19. The lowest BCUT2D eigenvalue weighted by atomic mass is 10.0. The summed E-state index contributed by atoms with van der Waals surface area (Å²) in [6, 6.07) is 7.50. The summed E-state index contributed by atoms with van der Waals surface area (Å²) in [5.74, 6) is 0.475. The Morgan fingerprint density at radius 3 is 2.83 bits per heavy atom. The predicted octanol–water partition coefficient (Wildman–Crippen LogP) is 3.43. The lowest BCUT2D eigenvalue weighted by Crippen LogP contribution is -2.25. The number of aromatic nitrogens is 5. The van der Waals surface area contributed by atoms with E-state index in [2.05, 4.69) is 25.3 Å². The van der Waals surface area contributed by atoms with Crippen LogP contribution in [0.2, 0.25) is 5.02 Å². The molecule has 10 heteroatoms. The topological polar surface area (TPSA) is 121 Å². The van der Waals surface area contributed by atoms with Crippen LogP contribution in [0.3, 0.4) is 0 Å². The summed E-state index contributed by atoms with van der Waals surface area (Å²) in [5.41, 5.74) is 9.62. The normalized spacial score (nSPS) is 15.6. The number of hydrogen-bond acceptors (Lipinski definition) is 8. The SMILES string of the molecule is Cc1cncc(-c2ccc(-c3cc4cnc(N[C@H]5CCOC5)nc4n(CCCN)c3=O)c(Cl)c2)n1. The van der Waals surface area contributed by atoms with Crippen LogP contribution in [-0.4, -0.2) is 50.3 Å². The zero-order valence-electron chi connectivity index (χ0n) is 19.4. The van der Waals surface area contributed by atoms with Gasteiger partial charge in [-0.15, -0.1) is 0 Å². The average Bonchev–Trinajstić information content (AvgIpc) is 3.36. The van der Waals surface area contributed by atoms with Gasteiger partial charge >= 0.3 is 0 Å². The molecule has 35 heavy (non-hydrogen) atoms. The van der Waals surface area contributed by atoms with Gasteiger partial charge in [0.1, 0.15) is 5.65 Å². The highest BCUT2D eigenvalue weighted by Crippen LogP contribution is 2.31. The summed E-state index contributed by atoms with van der Waals surface area (Å²) in [6.45, 7) is 4.11. The second-order valence-corrected chi connectivity index (χ2v) is 8.98. The molecule has 3 aromatic heterocycles. The summed E-state index contributed by atoms with van der Waals surface area (Å²) in [6.07, 6.45) is 6.65. The van der Waals surface area contributed by atoms with Crippen LogP contribution in [0.1, 0.15) is 18.5 Å². The summed E-state index contributed by atoms with van der Waals surface area (Å²) in [7, 11) is 0. The van der Waals surface area contributed by atoms with Gasteiger partial charge in [-0.25, -0.2) is 9.97 Å². The molecule has 0 radical (unpaired) electrons. The number of rotatable bonds is 7. The number of fused-ring (bicyclic) bond motifs is 1. The van der Waals surface area contributed by atoms with Crippen molar-refractivity contribution in [2.24, 2.45) is 5.73 Å². The number of nitrogens with zero attached hydrogens (tertiary/aromatic N) is 5. The molecule has 1 aliphatic heterocycles. The minimum Gasteiger partial charge on any atom is -0.379 e. The number of nitrogens with two attached hydrogens (primary N) is 1. The highest BCUT2D eigenvalue weighted by atomic mass is 35.5. The third-order valence-corrected chi connectivity index (χ3v) is 6.30. The van der Waals surface area contributed by atoms with Crippen molar-refractivity contribution in [1.82, 2.24) is 24.5 Å². The van der Waals surface area contributed by atoms with E-state index in [0.717, 1.165) is 28.8 Å². The molecule has 3 N–H and O–H groups in total. The Morgan fingerprint density at radius 1 is 1.20 bits per heavy atom. The molecule has 0 saturated carbocycles. The quantitative estimate of drug-likeness (QED) is 0.403. The Labute approximate surface area is 207 Å². The smallest absolute Gasteiger partial charge is 0.260 e. The van der Waals surface area contributed by atoms with E-state index in [0.29, 0.717) is 60.5 Å². The predicted molar refractivity (Wildman–Crippen MR) is 137 cm³/mol. The highest BCUT2D eigenvalue weighted by molar-refractivity contribution is 6.33. The molecule has 0 bridgehead atoms.